The molecule has 0 aliphatic rings. The van der Waals surface area contributed by atoms with Crippen molar-refractivity contribution in [2.45, 2.75) is 51.3 Å². The third-order valence-corrected chi connectivity index (χ3v) is 5.07. The quantitative estimate of drug-likeness (QED) is 0.577. The van der Waals surface area contributed by atoms with Crippen LogP contribution in [0.25, 0.3) is 11.5 Å². The van der Waals surface area contributed by atoms with E-state index in [0.717, 1.165) is 31.4 Å². The van der Waals surface area contributed by atoms with Gasteiger partial charge >= 0.3 is 0 Å². The second kappa shape index (κ2) is 9.82. The Balaban J connectivity index is 1.95. The molecule has 0 fully saturated rings. The molecule has 1 amide bonds. The molecule has 0 aliphatic heterocycles. The van der Waals surface area contributed by atoms with Gasteiger partial charge in [0.25, 0.3) is 5.22 Å². The lowest BCUT2D eigenvalue weighted by molar-refractivity contribution is -0.130. The number of thioether (sulfide) groups is 1. The standard InChI is InChI=1S/C18H24ClN3O2S/c1-4-6-11-22(13(3)5-2)16(23)12-25-18-21-20-17(24-18)14-7-9-15(19)10-8-14/h7-10,13H,4-6,11-12H2,1-3H3. The Hall–Kier alpha value is -1.53. The van der Waals surface area contributed by atoms with Crippen molar-refractivity contribution in [2.75, 3.05) is 12.3 Å². The SMILES string of the molecule is CCCCN(C(=O)CSc1nnc(-c2ccc(Cl)cc2)o1)C(C)CC. The molecule has 136 valence electrons. The maximum atomic E-state index is 12.5. The molecule has 0 radical (unpaired) electrons. The maximum absolute atomic E-state index is 12.5. The molecule has 0 spiro atoms. The normalized spacial score (nSPS) is 12.2. The van der Waals surface area contributed by atoms with Crippen LogP contribution >= 0.6 is 23.4 Å². The van der Waals surface area contributed by atoms with Crippen LogP contribution < -0.4 is 0 Å². The molecule has 1 aromatic heterocycles. The lowest BCUT2D eigenvalue weighted by Gasteiger charge is -2.28. The predicted octanol–water partition coefficient (Wildman–Crippen LogP) is 4.91. The number of rotatable bonds is 9. The van der Waals surface area contributed by atoms with Crippen molar-refractivity contribution in [3.05, 3.63) is 29.3 Å². The second-order valence-electron chi connectivity index (χ2n) is 5.87. The van der Waals surface area contributed by atoms with Gasteiger partial charge in [0, 0.05) is 23.2 Å². The van der Waals surface area contributed by atoms with E-state index in [1.165, 1.54) is 11.8 Å². The van der Waals surface area contributed by atoms with Gasteiger partial charge in [-0.1, -0.05) is 43.6 Å². The van der Waals surface area contributed by atoms with Gasteiger partial charge < -0.3 is 9.32 Å². The molecule has 0 N–H and O–H groups in total. The van der Waals surface area contributed by atoms with Crippen LogP contribution in [0.3, 0.4) is 0 Å². The summed E-state index contributed by atoms with van der Waals surface area (Å²) in [5.74, 6) is 0.839. The van der Waals surface area contributed by atoms with E-state index in [1.807, 2.05) is 17.0 Å². The number of amides is 1. The van der Waals surface area contributed by atoms with Crippen LogP contribution in [0.15, 0.2) is 33.9 Å². The van der Waals surface area contributed by atoms with Crippen molar-refractivity contribution in [1.82, 2.24) is 15.1 Å². The van der Waals surface area contributed by atoms with Gasteiger partial charge in [-0.05, 0) is 44.0 Å². The molecule has 5 nitrogen and oxygen atoms in total. The van der Waals surface area contributed by atoms with Gasteiger partial charge in [0.15, 0.2) is 0 Å². The molecular weight excluding hydrogens is 358 g/mol. The highest BCUT2D eigenvalue weighted by molar-refractivity contribution is 7.99. The summed E-state index contributed by atoms with van der Waals surface area (Å²) in [6.45, 7) is 7.11. The average Bonchev–Trinajstić information content (AvgIpc) is 3.09. The number of nitrogens with zero attached hydrogens (tertiary/aromatic N) is 3. The number of unbranched alkanes of at least 4 members (excludes halogenated alkanes) is 1. The fourth-order valence-electron chi connectivity index (χ4n) is 2.32. The summed E-state index contributed by atoms with van der Waals surface area (Å²) in [6, 6.07) is 7.44. The summed E-state index contributed by atoms with van der Waals surface area (Å²) < 4.78 is 5.63. The minimum atomic E-state index is 0.110. The largest absolute Gasteiger partial charge is 0.411 e. The Morgan fingerprint density at radius 2 is 2.00 bits per heavy atom. The minimum absolute atomic E-state index is 0.110. The average molecular weight is 382 g/mol. The van der Waals surface area contributed by atoms with Gasteiger partial charge in [-0.25, -0.2) is 0 Å². The van der Waals surface area contributed by atoms with Crippen molar-refractivity contribution < 1.29 is 9.21 Å². The minimum Gasteiger partial charge on any atom is -0.411 e. The highest BCUT2D eigenvalue weighted by Crippen LogP contribution is 2.24. The summed E-state index contributed by atoms with van der Waals surface area (Å²) >= 11 is 7.16. The smallest absolute Gasteiger partial charge is 0.277 e. The van der Waals surface area contributed by atoms with Crippen molar-refractivity contribution in [1.29, 1.82) is 0 Å². The molecule has 0 saturated carbocycles. The number of halogens is 1. The first-order valence-corrected chi connectivity index (χ1v) is 9.93. The van der Waals surface area contributed by atoms with Gasteiger partial charge in [-0.3, -0.25) is 4.79 Å². The number of hydrogen-bond acceptors (Lipinski definition) is 5. The van der Waals surface area contributed by atoms with E-state index in [4.69, 9.17) is 16.0 Å². The summed E-state index contributed by atoms with van der Waals surface area (Å²) in [4.78, 5) is 14.5. The van der Waals surface area contributed by atoms with Crippen LogP contribution in [-0.4, -0.2) is 39.3 Å². The first-order valence-electron chi connectivity index (χ1n) is 8.56. The fourth-order valence-corrected chi connectivity index (χ4v) is 3.10. The highest BCUT2D eigenvalue weighted by atomic mass is 35.5. The van der Waals surface area contributed by atoms with Gasteiger partial charge in [-0.2, -0.15) is 0 Å². The lowest BCUT2D eigenvalue weighted by Crippen LogP contribution is -2.40. The maximum Gasteiger partial charge on any atom is 0.277 e. The molecule has 0 bridgehead atoms. The Morgan fingerprint density at radius 1 is 1.28 bits per heavy atom. The molecule has 1 unspecified atom stereocenters. The Kier molecular flexibility index (Phi) is 7.78. The lowest BCUT2D eigenvalue weighted by atomic mass is 10.2. The predicted molar refractivity (Wildman–Crippen MR) is 102 cm³/mol. The van der Waals surface area contributed by atoms with E-state index < -0.39 is 0 Å². The van der Waals surface area contributed by atoms with Crippen molar-refractivity contribution in [3.8, 4) is 11.5 Å². The van der Waals surface area contributed by atoms with Gasteiger partial charge in [0.2, 0.25) is 11.8 Å². The fraction of sp³-hybridized carbons (Fsp3) is 0.500. The van der Waals surface area contributed by atoms with E-state index in [-0.39, 0.29) is 11.9 Å². The number of aromatic nitrogens is 2. The molecule has 1 heterocycles. The Morgan fingerprint density at radius 3 is 2.64 bits per heavy atom. The molecule has 1 aromatic carbocycles. The van der Waals surface area contributed by atoms with Crippen LogP contribution in [0.4, 0.5) is 0 Å². The monoisotopic (exact) mass is 381 g/mol. The van der Waals surface area contributed by atoms with Crippen molar-refractivity contribution >= 4 is 29.3 Å². The van der Waals surface area contributed by atoms with Crippen LogP contribution in [0.2, 0.25) is 5.02 Å². The molecule has 0 aliphatic carbocycles. The Bertz CT molecular complexity index is 675. The van der Waals surface area contributed by atoms with E-state index in [9.17, 15) is 4.79 Å². The summed E-state index contributed by atoms with van der Waals surface area (Å²) in [5.41, 5.74) is 0.805. The number of hydrogen-bond donors (Lipinski definition) is 0. The van der Waals surface area contributed by atoms with E-state index in [0.29, 0.717) is 21.9 Å². The number of benzene rings is 1. The third-order valence-electron chi connectivity index (χ3n) is 4.01. The van der Waals surface area contributed by atoms with Crippen molar-refractivity contribution in [3.63, 3.8) is 0 Å². The first kappa shape index (κ1) is 19.8. The number of carbonyl (C=O) groups is 1. The van der Waals surface area contributed by atoms with E-state index >= 15 is 0 Å². The molecular formula is C18H24ClN3O2S. The summed E-state index contributed by atoms with van der Waals surface area (Å²) in [6.07, 6.45) is 3.03. The number of carbonyl (C=O) groups excluding carboxylic acids is 1. The topological polar surface area (TPSA) is 59.2 Å². The Labute approximate surface area is 158 Å². The third kappa shape index (κ3) is 5.75. The molecule has 1 atom stereocenters. The van der Waals surface area contributed by atoms with Gasteiger partial charge in [0.05, 0.1) is 5.75 Å². The van der Waals surface area contributed by atoms with Gasteiger partial charge in [0.1, 0.15) is 0 Å². The van der Waals surface area contributed by atoms with Crippen LogP contribution in [0.5, 0.6) is 0 Å². The van der Waals surface area contributed by atoms with Crippen LogP contribution in [0.1, 0.15) is 40.0 Å². The first-order chi connectivity index (χ1) is 12.0. The van der Waals surface area contributed by atoms with Crippen molar-refractivity contribution in [2.24, 2.45) is 0 Å². The van der Waals surface area contributed by atoms with Gasteiger partial charge in [-0.15, -0.1) is 10.2 Å². The molecule has 7 heteroatoms. The molecule has 0 saturated heterocycles. The second-order valence-corrected chi connectivity index (χ2v) is 7.23. The molecule has 25 heavy (non-hydrogen) atoms. The molecule has 2 rings (SSSR count). The summed E-state index contributed by atoms with van der Waals surface area (Å²) in [5, 5.41) is 9.10. The summed E-state index contributed by atoms with van der Waals surface area (Å²) in [7, 11) is 0. The zero-order valence-corrected chi connectivity index (χ0v) is 16.4. The molecule has 2 aromatic rings. The highest BCUT2D eigenvalue weighted by Gasteiger charge is 2.19. The van der Waals surface area contributed by atoms with E-state index in [1.54, 1.807) is 12.1 Å². The zero-order chi connectivity index (χ0) is 18.2. The van der Waals surface area contributed by atoms with E-state index in [2.05, 4.69) is 31.0 Å². The van der Waals surface area contributed by atoms with Crippen LogP contribution in [0, 0.1) is 0 Å². The zero-order valence-electron chi connectivity index (χ0n) is 14.9. The van der Waals surface area contributed by atoms with Crippen LogP contribution in [-0.2, 0) is 4.79 Å².